The summed E-state index contributed by atoms with van der Waals surface area (Å²) in [7, 11) is -1.23. The maximum atomic E-state index is 12.1. The smallest absolute Gasteiger partial charge is 0.222 e. The third-order valence-electron chi connectivity index (χ3n) is 5.94. The van der Waals surface area contributed by atoms with Crippen molar-refractivity contribution < 1.29 is 13.2 Å². The Morgan fingerprint density at radius 2 is 1.90 bits per heavy atom. The van der Waals surface area contributed by atoms with Crippen LogP contribution in [-0.4, -0.2) is 82.5 Å². The van der Waals surface area contributed by atoms with Crippen LogP contribution in [0, 0.1) is 13.8 Å². The minimum Gasteiger partial charge on any atom is -0.368 e. The zero-order chi connectivity index (χ0) is 21.7. The number of guanidine groups is 1. The molecule has 2 heterocycles. The first-order valence-electron chi connectivity index (χ1n) is 10.6. The second kappa shape index (κ2) is 11.3. The Labute approximate surface area is 202 Å². The van der Waals surface area contributed by atoms with E-state index in [9.17, 15) is 13.2 Å². The molecule has 10 heteroatoms. The summed E-state index contributed by atoms with van der Waals surface area (Å²) in [5, 5.41) is 6.09. The molecule has 2 fully saturated rings. The van der Waals surface area contributed by atoms with Gasteiger partial charge in [0.2, 0.25) is 5.91 Å². The fourth-order valence-corrected chi connectivity index (χ4v) is 5.74. The van der Waals surface area contributed by atoms with E-state index >= 15 is 0 Å². The van der Waals surface area contributed by atoms with Crippen LogP contribution in [0.25, 0.3) is 0 Å². The number of hydrogen-bond acceptors (Lipinski definition) is 5. The molecule has 174 valence electrons. The van der Waals surface area contributed by atoms with Crippen molar-refractivity contribution in [1.82, 2.24) is 15.5 Å². The van der Waals surface area contributed by atoms with E-state index in [0.29, 0.717) is 13.0 Å². The topological polar surface area (TPSA) is 94.1 Å². The molecule has 0 aromatic heterocycles. The van der Waals surface area contributed by atoms with Crippen LogP contribution < -0.4 is 15.5 Å². The number of piperazine rings is 1. The van der Waals surface area contributed by atoms with Gasteiger partial charge in [-0.15, -0.1) is 24.0 Å². The molecule has 1 aromatic carbocycles. The third-order valence-corrected chi connectivity index (χ3v) is 7.71. The van der Waals surface area contributed by atoms with Crippen molar-refractivity contribution in [2.75, 3.05) is 56.2 Å². The van der Waals surface area contributed by atoms with E-state index in [1.54, 1.807) is 7.05 Å². The maximum absolute atomic E-state index is 12.1. The Bertz CT molecular complexity index is 898. The molecule has 8 nitrogen and oxygen atoms in total. The van der Waals surface area contributed by atoms with Crippen LogP contribution in [-0.2, 0) is 14.6 Å². The van der Waals surface area contributed by atoms with Gasteiger partial charge < -0.3 is 20.4 Å². The Kier molecular flexibility index (Phi) is 9.41. The summed E-state index contributed by atoms with van der Waals surface area (Å²) in [5.41, 5.74) is 3.93. The molecular weight excluding hydrogens is 529 g/mol. The van der Waals surface area contributed by atoms with E-state index < -0.39 is 9.84 Å². The summed E-state index contributed by atoms with van der Waals surface area (Å²) < 4.78 is 23.0. The highest BCUT2D eigenvalue weighted by Crippen LogP contribution is 2.23. The van der Waals surface area contributed by atoms with Gasteiger partial charge in [-0.3, -0.25) is 9.79 Å². The molecule has 0 saturated carbocycles. The minimum atomic E-state index is -2.98. The Hall–Kier alpha value is -1.56. The maximum Gasteiger partial charge on any atom is 0.222 e. The molecule has 0 radical (unpaired) electrons. The summed E-state index contributed by atoms with van der Waals surface area (Å²) in [4.78, 5) is 21.1. The van der Waals surface area contributed by atoms with Gasteiger partial charge in [0.05, 0.1) is 11.5 Å². The number of aliphatic imine (C=N–C) groups is 1. The summed E-state index contributed by atoms with van der Waals surface area (Å²) in [6.07, 6.45) is 0.798. The molecule has 31 heavy (non-hydrogen) atoms. The number of amides is 1. The van der Waals surface area contributed by atoms with Crippen molar-refractivity contribution in [3.63, 3.8) is 0 Å². The molecule has 1 atom stereocenters. The SMILES string of the molecule is CN=C(NCCC(=O)NC1CCS(=O)(=O)C1)N1CCN(c2cccc(C)c2C)CC1.I. The van der Waals surface area contributed by atoms with Crippen molar-refractivity contribution in [2.24, 2.45) is 4.99 Å². The number of aryl methyl sites for hydroxylation is 1. The Morgan fingerprint density at radius 1 is 1.19 bits per heavy atom. The summed E-state index contributed by atoms with van der Waals surface area (Å²) in [6, 6.07) is 6.18. The molecule has 2 aliphatic rings. The van der Waals surface area contributed by atoms with Gasteiger partial charge in [-0.1, -0.05) is 12.1 Å². The number of anilines is 1. The lowest BCUT2D eigenvalue weighted by Crippen LogP contribution is -2.53. The number of nitrogens with one attached hydrogen (secondary N) is 2. The van der Waals surface area contributed by atoms with Gasteiger partial charge in [0.1, 0.15) is 0 Å². The number of nitrogens with zero attached hydrogens (tertiary/aromatic N) is 3. The molecule has 0 aliphatic carbocycles. The van der Waals surface area contributed by atoms with E-state index in [-0.39, 0.29) is 53.9 Å². The first-order chi connectivity index (χ1) is 14.3. The van der Waals surface area contributed by atoms with Crippen LogP contribution in [0.2, 0.25) is 0 Å². The number of benzene rings is 1. The first kappa shape index (κ1) is 25.7. The van der Waals surface area contributed by atoms with Gasteiger partial charge >= 0.3 is 0 Å². The predicted octanol–water partition coefficient (Wildman–Crippen LogP) is 1.31. The van der Waals surface area contributed by atoms with Crippen LogP contribution in [0.1, 0.15) is 24.0 Å². The molecule has 2 saturated heterocycles. The van der Waals surface area contributed by atoms with Crippen LogP contribution in [0.5, 0.6) is 0 Å². The van der Waals surface area contributed by atoms with E-state index in [0.717, 1.165) is 32.1 Å². The minimum absolute atomic E-state index is 0. The Morgan fingerprint density at radius 3 is 2.52 bits per heavy atom. The number of sulfone groups is 1. The number of rotatable bonds is 5. The normalized spacial score (nSPS) is 20.9. The third kappa shape index (κ3) is 6.96. The van der Waals surface area contributed by atoms with E-state index in [4.69, 9.17) is 0 Å². The molecule has 2 aliphatic heterocycles. The molecule has 0 spiro atoms. The van der Waals surface area contributed by atoms with Crippen molar-refractivity contribution in [3.05, 3.63) is 29.3 Å². The molecule has 2 N–H and O–H groups in total. The van der Waals surface area contributed by atoms with Gasteiger partial charge in [-0.2, -0.15) is 0 Å². The van der Waals surface area contributed by atoms with Gasteiger partial charge in [0.15, 0.2) is 15.8 Å². The van der Waals surface area contributed by atoms with Gasteiger partial charge in [0.25, 0.3) is 0 Å². The number of carbonyl (C=O) groups excluding carboxylic acids is 1. The van der Waals surface area contributed by atoms with Crippen LogP contribution in [0.4, 0.5) is 5.69 Å². The molecule has 1 unspecified atom stereocenters. The lowest BCUT2D eigenvalue weighted by atomic mass is 10.1. The molecule has 1 amide bonds. The van der Waals surface area contributed by atoms with E-state index in [1.165, 1.54) is 16.8 Å². The number of carbonyl (C=O) groups is 1. The summed E-state index contributed by atoms with van der Waals surface area (Å²) in [6.45, 7) is 8.34. The highest BCUT2D eigenvalue weighted by Gasteiger charge is 2.28. The number of halogens is 1. The van der Waals surface area contributed by atoms with E-state index in [1.807, 2.05) is 0 Å². The van der Waals surface area contributed by atoms with E-state index in [2.05, 4.69) is 57.5 Å². The zero-order valence-corrected chi connectivity index (χ0v) is 21.7. The zero-order valence-electron chi connectivity index (χ0n) is 18.6. The first-order valence-corrected chi connectivity index (χ1v) is 12.4. The highest BCUT2D eigenvalue weighted by atomic mass is 127. The quantitative estimate of drug-likeness (QED) is 0.319. The largest absolute Gasteiger partial charge is 0.368 e. The lowest BCUT2D eigenvalue weighted by Gasteiger charge is -2.38. The van der Waals surface area contributed by atoms with Crippen LogP contribution in [0.15, 0.2) is 23.2 Å². The monoisotopic (exact) mass is 563 g/mol. The number of hydrogen-bond donors (Lipinski definition) is 2. The standard InChI is InChI=1S/C21H33N5O3S.HI/c1-16-5-4-6-19(17(16)2)25-10-12-26(13-11-25)21(22-3)23-9-7-20(27)24-18-8-14-30(28,29)15-18;/h4-6,18H,7-15H2,1-3H3,(H,22,23)(H,24,27);1H. The molecule has 1 aromatic rings. The Balaban J connectivity index is 0.00000341. The van der Waals surface area contributed by atoms with Gasteiger partial charge in [-0.25, -0.2) is 8.42 Å². The molecular formula is C21H34IN5O3S. The van der Waals surface area contributed by atoms with Gasteiger partial charge in [-0.05, 0) is 37.5 Å². The van der Waals surface area contributed by atoms with Crippen molar-refractivity contribution in [1.29, 1.82) is 0 Å². The molecule has 3 rings (SSSR count). The van der Waals surface area contributed by atoms with Crippen molar-refractivity contribution in [3.8, 4) is 0 Å². The van der Waals surface area contributed by atoms with Crippen molar-refractivity contribution in [2.45, 2.75) is 32.7 Å². The average molecular weight is 564 g/mol. The van der Waals surface area contributed by atoms with Gasteiger partial charge in [0, 0.05) is 57.9 Å². The van der Waals surface area contributed by atoms with Crippen molar-refractivity contribution >= 4 is 51.4 Å². The highest BCUT2D eigenvalue weighted by molar-refractivity contribution is 14.0. The van der Waals surface area contributed by atoms with Crippen LogP contribution >= 0.6 is 24.0 Å². The summed E-state index contributed by atoms with van der Waals surface area (Å²) >= 11 is 0. The molecule has 0 bridgehead atoms. The second-order valence-electron chi connectivity index (χ2n) is 8.08. The fraction of sp³-hybridized carbons (Fsp3) is 0.619. The fourth-order valence-electron chi connectivity index (χ4n) is 4.07. The van der Waals surface area contributed by atoms with Crippen LogP contribution in [0.3, 0.4) is 0 Å². The summed E-state index contributed by atoms with van der Waals surface area (Å²) in [5.74, 6) is 0.891. The average Bonchev–Trinajstić information content (AvgIpc) is 3.06. The predicted molar refractivity (Wildman–Crippen MR) is 136 cm³/mol. The lowest BCUT2D eigenvalue weighted by molar-refractivity contribution is -0.121. The second-order valence-corrected chi connectivity index (χ2v) is 10.3.